The van der Waals surface area contributed by atoms with Crippen LogP contribution in [0.3, 0.4) is 0 Å². The van der Waals surface area contributed by atoms with E-state index in [4.69, 9.17) is 32.5 Å². The van der Waals surface area contributed by atoms with Gasteiger partial charge in [0.15, 0.2) is 33.9 Å². The molecule has 61 nitrogen and oxygen atoms in total. The van der Waals surface area contributed by atoms with Crippen molar-refractivity contribution in [2.75, 3.05) is 85.8 Å². The van der Waals surface area contributed by atoms with Crippen molar-refractivity contribution in [3.8, 4) is 0 Å². The average Bonchev–Trinajstić information content (AvgIpc) is 0.810. The Balaban J connectivity index is 0.000000571. The number of nitrogens with two attached hydrogens (primary N) is 3. The molecule has 0 saturated heterocycles. The number of carboxylic acids is 5. The number of aliphatic carboxylic acids is 5. The van der Waals surface area contributed by atoms with E-state index < -0.39 is 326 Å². The molecular weight excluding hydrogens is 2010 g/mol. The number of rotatable bonds is 66. The minimum atomic E-state index is -2.12. The summed E-state index contributed by atoms with van der Waals surface area (Å²) < 4.78 is 0. The Kier molecular flexibility index (Phi) is 52.7. The van der Waals surface area contributed by atoms with E-state index in [0.717, 1.165) is 28.5 Å². The average molecular weight is 2140 g/mol. The van der Waals surface area contributed by atoms with Crippen molar-refractivity contribution in [1.29, 1.82) is 0 Å². The Morgan fingerprint density at radius 2 is 0.723 bits per heavy atom. The van der Waals surface area contributed by atoms with Crippen LogP contribution >= 0.6 is 21.6 Å². The number of nitrogen functional groups attached to an aromatic ring is 3. The SMILES string of the molecule is CC(=O)[C@H](CCC(=O)O)NC(=O)[C@H](CCC(=O)NC[C@H](O)[C@@H](O)[C@H](O)[C@H](O)CO)NC(=O)[C@H](CCC(=O)O)NC(=O)[C@H](CCC(=O)NC[C@H](O)[C@@H](O)[C@H](O)[C@H](O)CO)NC(=O)CC[C@H](NC(=O)c1ccc(NCc2cnc3nc(N)[nH]c(=O)c3n2)cc1)C(=O)O.CN[C@@H](CCC(=O)NC[C@H](O)[C@@H](O)[C@H](O)[C@H](O)CO)C(=O)N[C@@H](CSSCC[C@H](NC(=O)c1ccc(NCc2cnc3nc(N)nc(N)c3n2)cc1)C(=O)O)C(=O)O. The number of aliphatic hydroxyl groups is 15. The number of amides is 10. The Morgan fingerprint density at radius 3 is 1.12 bits per heavy atom. The number of aromatic nitrogens is 8. The van der Waals surface area contributed by atoms with Crippen LogP contribution in [0.1, 0.15) is 122 Å². The highest BCUT2D eigenvalue weighted by Gasteiger charge is 2.38. The molecule has 0 radical (unpaired) electrons. The van der Waals surface area contributed by atoms with E-state index in [1.165, 1.54) is 55.8 Å². The number of hydrogen-bond donors (Lipinski definition) is 37. The zero-order valence-corrected chi connectivity index (χ0v) is 80.8. The number of aliphatic hydroxyl groups excluding tert-OH is 15. The van der Waals surface area contributed by atoms with E-state index in [0.29, 0.717) is 28.3 Å². The lowest BCUT2D eigenvalue weighted by molar-refractivity contribution is -0.141. The first-order chi connectivity index (χ1) is 69.9. The predicted octanol–water partition coefficient (Wildman–Crippen LogP) is -12.6. The molecule has 40 N–H and O–H groups in total. The second-order valence-corrected chi connectivity index (χ2v) is 35.6. The van der Waals surface area contributed by atoms with Crippen molar-refractivity contribution in [1.82, 2.24) is 98.4 Å². The molecule has 4 aromatic heterocycles. The zero-order chi connectivity index (χ0) is 110. The maximum absolute atomic E-state index is 14.2. The normalized spacial score (nSPS) is 15.4. The lowest BCUT2D eigenvalue weighted by atomic mass is 10.0. The number of nitrogens with one attached hydrogen (secondary N) is 14. The molecule has 0 bridgehead atoms. The molecule has 63 heteroatoms. The van der Waals surface area contributed by atoms with Crippen LogP contribution in [0.4, 0.5) is 29.1 Å². The van der Waals surface area contributed by atoms with Gasteiger partial charge in [-0.2, -0.15) is 15.0 Å². The highest BCUT2D eigenvalue weighted by atomic mass is 33.1. The molecular formula is C85H122N24O37S2. The number of H-pyrrole nitrogens is 1. The number of anilines is 5. The van der Waals surface area contributed by atoms with Crippen molar-refractivity contribution in [3.63, 3.8) is 0 Å². The van der Waals surface area contributed by atoms with Crippen molar-refractivity contribution in [3.05, 3.63) is 93.8 Å². The smallest absolute Gasteiger partial charge is 0.327 e. The first-order valence-electron chi connectivity index (χ1n) is 45.1. The van der Waals surface area contributed by atoms with E-state index in [9.17, 15) is 168 Å². The van der Waals surface area contributed by atoms with Gasteiger partial charge in [-0.25, -0.2) is 34.3 Å². The summed E-state index contributed by atoms with van der Waals surface area (Å²) in [5.41, 5.74) is 19.0. The van der Waals surface area contributed by atoms with E-state index in [1.54, 1.807) is 12.1 Å². The molecule has 10 amide bonds. The molecule has 0 aliphatic rings. The van der Waals surface area contributed by atoms with Crippen LogP contribution < -0.4 is 91.9 Å². The highest BCUT2D eigenvalue weighted by Crippen LogP contribution is 2.25. The van der Waals surface area contributed by atoms with Gasteiger partial charge in [0.05, 0.1) is 87.1 Å². The van der Waals surface area contributed by atoms with E-state index in [-0.39, 0.29) is 89.5 Å². The second kappa shape index (κ2) is 62.8. The first kappa shape index (κ1) is 124. The van der Waals surface area contributed by atoms with Crippen LogP contribution in [-0.4, -0.2) is 416 Å². The van der Waals surface area contributed by atoms with Gasteiger partial charge in [0.1, 0.15) is 91.2 Å². The molecule has 0 saturated carbocycles. The summed E-state index contributed by atoms with van der Waals surface area (Å²) in [7, 11) is 3.64. The number of carbonyl (C=O) groups is 16. The fraction of sp³-hybridized carbons (Fsp3) is 0.529. The van der Waals surface area contributed by atoms with Crippen LogP contribution in [-0.2, 0) is 80.2 Å². The van der Waals surface area contributed by atoms with Gasteiger partial charge < -0.3 is 188 Å². The topological polar surface area (TPSA) is 1040 Å². The van der Waals surface area contributed by atoms with Gasteiger partial charge in [-0.15, -0.1) is 0 Å². The second-order valence-electron chi connectivity index (χ2n) is 33.0. The number of carbonyl (C=O) groups excluding carboxylic acids is 11. The number of carboxylic acid groups (broad SMARTS) is 5. The summed E-state index contributed by atoms with van der Waals surface area (Å²) in [5, 5.41) is 226. The summed E-state index contributed by atoms with van der Waals surface area (Å²) in [6.45, 7) is -3.73. The van der Waals surface area contributed by atoms with E-state index in [1.807, 2.05) is 0 Å². The molecule has 0 fully saturated rings. The van der Waals surface area contributed by atoms with Crippen LogP contribution in [0.2, 0.25) is 0 Å². The molecule has 4 heterocycles. The van der Waals surface area contributed by atoms with E-state index in [2.05, 4.69) is 109 Å². The predicted molar refractivity (Wildman–Crippen MR) is 515 cm³/mol. The van der Waals surface area contributed by atoms with Gasteiger partial charge in [-0.3, -0.25) is 72.1 Å². The van der Waals surface area contributed by atoms with E-state index >= 15 is 0 Å². The van der Waals surface area contributed by atoms with Gasteiger partial charge in [-0.05, 0) is 107 Å². The largest absolute Gasteiger partial charge is 0.481 e. The standard InChI is InChI=1S/C52H75N13O25.C33H47N11O12S2/c1-22(68)26(9-14-38(76)77)60-48(86)28(7-12-36(74)56-19-32(70)42(81)44(83)34(72)21-67)61-49(87)29(10-15-39(78)79)62-47(85)27(6-11-35(73)55-18-31(69)41(80)43(82)33(71)20-66)59-37(75)13-8-30(51(89)90)63-46(84)23-2-4-24(5-3-23)54-16-25-17-57-45-40(58-25)50(88)65-52(53)64-45;1-36-18(6-7-23(48)38-12-21(46)25(49)26(50)22(47)13-45)30(52)42-20(32(55)56)14-58-57-9-8-19(31(53)54)41-29(51)15-2-4-16(5-3-15)37-10-17-11-39-28-24(40-17)27(34)43-33(35)44-28/h2-5,17,26-34,41-44,54,66-67,69-72,80-83H,6-16,18-21H2,1H3,(H,55,73)(H,56,74)(H,59,75)(H,60,86)(H,61,87)(H,62,85)(H,63,84)(H,76,77)(H,78,79)(H,89,90)(H3,53,57,64,65,88);2-5,11,18-22,25-26,36-37,45-47,49-50H,6-10,12-14H2,1H3,(H,38,48)(H,41,51)(H,42,52)(H,53,54)(H,55,56)(H4,34,35,39,43,44)/t26-,27-,28-,29-,30-,31-,32-,33+,34+,41+,42+,43+,44+;18-,19-,20-,21-,22+,25+,26+/m00/s1. The molecule has 2 aromatic carbocycles. The maximum atomic E-state index is 14.2. The number of ketones is 1. The number of likely N-dealkylation sites (N-methyl/N-ethyl adjacent to an activating group) is 1. The Labute approximate surface area is 845 Å². The molecule has 0 unspecified atom stereocenters. The Bertz CT molecular complexity index is 5540. The zero-order valence-electron chi connectivity index (χ0n) is 79.1. The minimum absolute atomic E-state index is 0.00247. The van der Waals surface area contributed by atoms with Crippen LogP contribution in [0.5, 0.6) is 0 Å². The number of nitrogens with zero attached hydrogens (tertiary/aromatic N) is 7. The fourth-order valence-electron chi connectivity index (χ4n) is 13.1. The van der Waals surface area contributed by atoms with Gasteiger partial charge >= 0.3 is 29.8 Å². The van der Waals surface area contributed by atoms with Crippen molar-refractivity contribution in [2.45, 2.75) is 225 Å². The Hall–Kier alpha value is -14.1. The monoisotopic (exact) mass is 2130 g/mol. The summed E-state index contributed by atoms with van der Waals surface area (Å²) in [4.78, 5) is 248. The molecule has 20 atom stereocenters. The number of aromatic amines is 1. The van der Waals surface area contributed by atoms with Crippen LogP contribution in [0.25, 0.3) is 22.3 Å². The van der Waals surface area contributed by atoms with Gasteiger partial charge in [0, 0.05) is 92.2 Å². The summed E-state index contributed by atoms with van der Waals surface area (Å²) in [6.07, 6.45) is -27.8. The molecule has 0 aliphatic heterocycles. The van der Waals surface area contributed by atoms with Crippen LogP contribution in [0, 0.1) is 0 Å². The molecule has 148 heavy (non-hydrogen) atoms. The quantitative estimate of drug-likeness (QED) is 0.0125. The lowest BCUT2D eigenvalue weighted by Gasteiger charge is -2.27. The molecule has 816 valence electrons. The molecule has 0 aliphatic carbocycles. The number of Topliss-reactive ketones (excluding diaryl/α,β-unsaturated/α-hetero) is 1. The summed E-state index contributed by atoms with van der Waals surface area (Å²) in [5.74, 6) is -17.8. The minimum Gasteiger partial charge on any atom is -0.481 e. The third kappa shape index (κ3) is 42.4. The Morgan fingerprint density at radius 1 is 0.378 bits per heavy atom. The van der Waals surface area contributed by atoms with Gasteiger partial charge in [0.25, 0.3) is 17.4 Å². The number of benzene rings is 2. The molecule has 6 aromatic rings. The van der Waals surface area contributed by atoms with Gasteiger partial charge in [0.2, 0.25) is 59.2 Å². The number of fused-ring (bicyclic) bond motifs is 2. The first-order valence-corrected chi connectivity index (χ1v) is 47.6. The summed E-state index contributed by atoms with van der Waals surface area (Å²) >= 11 is 0. The van der Waals surface area contributed by atoms with Crippen molar-refractivity contribution >= 4 is 168 Å². The molecule has 0 spiro atoms. The van der Waals surface area contributed by atoms with Crippen molar-refractivity contribution < 1.29 is 179 Å². The number of hydrogen-bond acceptors (Lipinski definition) is 47. The maximum Gasteiger partial charge on any atom is 0.327 e. The lowest BCUT2D eigenvalue weighted by Crippen LogP contribution is -2.58. The third-order valence-corrected chi connectivity index (χ3v) is 24.1. The van der Waals surface area contributed by atoms with Crippen LogP contribution in [0.15, 0.2) is 65.7 Å². The highest BCUT2D eigenvalue weighted by molar-refractivity contribution is 8.76. The molecule has 6 rings (SSSR count). The van der Waals surface area contributed by atoms with Gasteiger partial charge in [-0.1, -0.05) is 21.6 Å². The fourth-order valence-corrected chi connectivity index (χ4v) is 15.3. The summed E-state index contributed by atoms with van der Waals surface area (Å²) in [6, 6.07) is -0.815. The third-order valence-electron chi connectivity index (χ3n) is 21.7. The van der Waals surface area contributed by atoms with Crippen molar-refractivity contribution in [2.24, 2.45) is 0 Å².